The van der Waals surface area contributed by atoms with Crippen LogP contribution in [0.1, 0.15) is 35.3 Å². The number of nitrogens with one attached hydrogen (secondary N) is 1. The van der Waals surface area contributed by atoms with Crippen molar-refractivity contribution in [2.24, 2.45) is 0 Å². The third-order valence-electron chi connectivity index (χ3n) is 6.68. The SMILES string of the molecule is Cc1ccc(C(=O)N/C(=C\c2cn(-c3ccccc3)nc2-c2ccc(Cl)cc2)C(=O)N2C[C@@H](C)O[C@H](C)C2)cc1. The largest absolute Gasteiger partial charge is 0.372 e. The minimum Gasteiger partial charge on any atom is -0.372 e. The summed E-state index contributed by atoms with van der Waals surface area (Å²) in [5, 5.41) is 8.36. The average molecular weight is 555 g/mol. The Bertz CT molecular complexity index is 1520. The minimum atomic E-state index is -0.363. The van der Waals surface area contributed by atoms with Crippen LogP contribution < -0.4 is 5.32 Å². The topological polar surface area (TPSA) is 76.5 Å². The quantitative estimate of drug-likeness (QED) is 0.301. The molecule has 0 radical (unpaired) electrons. The first-order chi connectivity index (χ1) is 19.3. The third-order valence-corrected chi connectivity index (χ3v) is 6.93. The first-order valence-corrected chi connectivity index (χ1v) is 13.6. The molecule has 1 aromatic heterocycles. The number of amides is 2. The molecule has 0 spiro atoms. The Balaban J connectivity index is 1.59. The molecule has 5 rings (SSSR count). The van der Waals surface area contributed by atoms with Crippen LogP contribution in [0.5, 0.6) is 0 Å². The Morgan fingerprint density at radius 1 is 0.950 bits per heavy atom. The fourth-order valence-corrected chi connectivity index (χ4v) is 4.88. The van der Waals surface area contributed by atoms with Crippen LogP contribution in [0, 0.1) is 6.92 Å². The van der Waals surface area contributed by atoms with E-state index in [9.17, 15) is 9.59 Å². The Kier molecular flexibility index (Phi) is 8.14. The molecular formula is C32H31ClN4O3. The molecule has 0 unspecified atom stereocenters. The third kappa shape index (κ3) is 6.33. The summed E-state index contributed by atoms with van der Waals surface area (Å²) in [7, 11) is 0. The number of aryl methyl sites for hydroxylation is 1. The zero-order chi connectivity index (χ0) is 28.2. The molecule has 1 saturated heterocycles. The zero-order valence-corrected chi connectivity index (χ0v) is 23.4. The second-order valence-corrected chi connectivity index (χ2v) is 10.5. The van der Waals surface area contributed by atoms with E-state index < -0.39 is 0 Å². The second-order valence-electron chi connectivity index (χ2n) is 10.1. The van der Waals surface area contributed by atoms with Gasteiger partial charge in [0.1, 0.15) is 11.4 Å². The molecule has 7 nitrogen and oxygen atoms in total. The van der Waals surface area contributed by atoms with E-state index in [-0.39, 0.29) is 29.7 Å². The first kappa shape index (κ1) is 27.4. The van der Waals surface area contributed by atoms with Crippen LogP contribution in [-0.2, 0) is 9.53 Å². The smallest absolute Gasteiger partial charge is 0.270 e. The number of hydrogen-bond donors (Lipinski definition) is 1. The number of halogens is 1. The number of ether oxygens (including phenoxy) is 1. The summed E-state index contributed by atoms with van der Waals surface area (Å²) >= 11 is 6.16. The van der Waals surface area contributed by atoms with Crippen molar-refractivity contribution in [2.75, 3.05) is 13.1 Å². The van der Waals surface area contributed by atoms with Gasteiger partial charge in [0.2, 0.25) is 0 Å². The molecule has 0 bridgehead atoms. The molecule has 2 amide bonds. The second kappa shape index (κ2) is 11.9. The van der Waals surface area contributed by atoms with Gasteiger partial charge < -0.3 is 15.0 Å². The molecule has 40 heavy (non-hydrogen) atoms. The van der Waals surface area contributed by atoms with Crippen molar-refractivity contribution >= 4 is 29.5 Å². The summed E-state index contributed by atoms with van der Waals surface area (Å²) in [6.07, 6.45) is 3.32. The maximum atomic E-state index is 13.9. The van der Waals surface area contributed by atoms with Crippen molar-refractivity contribution < 1.29 is 14.3 Å². The van der Waals surface area contributed by atoms with Gasteiger partial charge in [-0.1, -0.05) is 59.6 Å². The Morgan fingerprint density at radius 2 is 1.60 bits per heavy atom. The van der Waals surface area contributed by atoms with Gasteiger partial charge in [-0.05, 0) is 63.2 Å². The van der Waals surface area contributed by atoms with E-state index >= 15 is 0 Å². The number of morpholine rings is 1. The average Bonchev–Trinajstić information content (AvgIpc) is 3.36. The number of para-hydroxylation sites is 1. The highest BCUT2D eigenvalue weighted by molar-refractivity contribution is 6.30. The van der Waals surface area contributed by atoms with Crippen molar-refractivity contribution in [3.05, 3.63) is 112 Å². The van der Waals surface area contributed by atoms with Gasteiger partial charge in [-0.15, -0.1) is 0 Å². The van der Waals surface area contributed by atoms with Crippen molar-refractivity contribution in [2.45, 2.75) is 33.0 Å². The minimum absolute atomic E-state index is 0.118. The van der Waals surface area contributed by atoms with Crippen LogP contribution in [0.3, 0.4) is 0 Å². The molecule has 4 aromatic rings. The van der Waals surface area contributed by atoms with Crippen LogP contribution >= 0.6 is 11.6 Å². The molecule has 0 aliphatic carbocycles. The standard InChI is InChI=1S/C32H31ClN4O3/c1-21-9-11-25(12-10-21)31(38)34-29(32(39)36-18-22(2)40-23(3)19-36)17-26-20-37(28-7-5-4-6-8-28)35-30(26)24-13-15-27(33)16-14-24/h4-17,20,22-23H,18-19H2,1-3H3,(H,34,38)/b29-17-/t22-,23-/m1/s1. The van der Waals surface area contributed by atoms with Gasteiger partial charge in [-0.25, -0.2) is 4.68 Å². The van der Waals surface area contributed by atoms with Gasteiger partial charge >= 0.3 is 0 Å². The monoisotopic (exact) mass is 554 g/mol. The lowest BCUT2D eigenvalue weighted by molar-refractivity contribution is -0.139. The lowest BCUT2D eigenvalue weighted by Crippen LogP contribution is -2.50. The fraction of sp³-hybridized carbons (Fsp3) is 0.219. The molecule has 2 atom stereocenters. The lowest BCUT2D eigenvalue weighted by atomic mass is 10.1. The molecular weight excluding hydrogens is 524 g/mol. The van der Waals surface area contributed by atoms with E-state index in [2.05, 4.69) is 5.32 Å². The summed E-state index contributed by atoms with van der Waals surface area (Å²) in [5.74, 6) is -0.644. The Hall–Kier alpha value is -4.20. The molecule has 2 heterocycles. The molecule has 3 aromatic carbocycles. The molecule has 1 fully saturated rings. The number of hydrogen-bond acceptors (Lipinski definition) is 4. The van der Waals surface area contributed by atoms with E-state index in [1.54, 1.807) is 39.9 Å². The van der Waals surface area contributed by atoms with Crippen LogP contribution in [0.2, 0.25) is 5.02 Å². The summed E-state index contributed by atoms with van der Waals surface area (Å²) in [5.41, 5.74) is 4.69. The van der Waals surface area contributed by atoms with Crippen LogP contribution in [0.15, 0.2) is 90.8 Å². The van der Waals surface area contributed by atoms with Crippen molar-refractivity contribution in [3.63, 3.8) is 0 Å². The van der Waals surface area contributed by atoms with Crippen LogP contribution in [0.25, 0.3) is 23.0 Å². The van der Waals surface area contributed by atoms with Gasteiger partial charge in [0.25, 0.3) is 11.8 Å². The first-order valence-electron chi connectivity index (χ1n) is 13.2. The highest BCUT2D eigenvalue weighted by Crippen LogP contribution is 2.27. The zero-order valence-electron chi connectivity index (χ0n) is 22.7. The van der Waals surface area contributed by atoms with Gasteiger partial charge in [0, 0.05) is 41.0 Å². The number of carbonyl (C=O) groups is 2. The number of aromatic nitrogens is 2. The molecule has 0 saturated carbocycles. The molecule has 1 aliphatic rings. The summed E-state index contributed by atoms with van der Waals surface area (Å²) in [6.45, 7) is 6.68. The van der Waals surface area contributed by atoms with Gasteiger partial charge in [0.05, 0.1) is 17.9 Å². The van der Waals surface area contributed by atoms with Gasteiger partial charge in [0.15, 0.2) is 0 Å². The van der Waals surface area contributed by atoms with Crippen LogP contribution in [0.4, 0.5) is 0 Å². The van der Waals surface area contributed by atoms with Gasteiger partial charge in [-0.2, -0.15) is 5.10 Å². The van der Waals surface area contributed by atoms with E-state index in [1.807, 2.05) is 81.6 Å². The number of carbonyl (C=O) groups excluding carboxylic acids is 2. The predicted octanol–water partition coefficient (Wildman–Crippen LogP) is 5.91. The maximum Gasteiger partial charge on any atom is 0.270 e. The fourth-order valence-electron chi connectivity index (χ4n) is 4.76. The maximum absolute atomic E-state index is 13.9. The predicted molar refractivity (Wildman–Crippen MR) is 157 cm³/mol. The van der Waals surface area contributed by atoms with E-state index in [4.69, 9.17) is 21.4 Å². The highest BCUT2D eigenvalue weighted by Gasteiger charge is 2.29. The van der Waals surface area contributed by atoms with Crippen molar-refractivity contribution in [3.8, 4) is 16.9 Å². The van der Waals surface area contributed by atoms with Gasteiger partial charge in [-0.3, -0.25) is 9.59 Å². The molecule has 204 valence electrons. The van der Waals surface area contributed by atoms with Crippen LogP contribution in [-0.4, -0.2) is 51.8 Å². The van der Waals surface area contributed by atoms with E-state index in [0.29, 0.717) is 34.9 Å². The highest BCUT2D eigenvalue weighted by atomic mass is 35.5. The molecule has 1 aliphatic heterocycles. The van der Waals surface area contributed by atoms with E-state index in [0.717, 1.165) is 16.8 Å². The summed E-state index contributed by atoms with van der Waals surface area (Å²) in [4.78, 5) is 29.0. The Labute approximate surface area is 239 Å². The lowest BCUT2D eigenvalue weighted by Gasteiger charge is -2.35. The number of benzene rings is 3. The normalized spacial score (nSPS) is 17.5. The summed E-state index contributed by atoms with van der Waals surface area (Å²) < 4.78 is 7.60. The summed E-state index contributed by atoms with van der Waals surface area (Å²) in [6, 6.07) is 24.3. The van der Waals surface area contributed by atoms with Crippen molar-refractivity contribution in [1.29, 1.82) is 0 Å². The number of nitrogens with zero attached hydrogens (tertiary/aromatic N) is 3. The molecule has 1 N–H and O–H groups in total. The molecule has 8 heteroatoms. The Morgan fingerprint density at radius 3 is 2.25 bits per heavy atom. The van der Waals surface area contributed by atoms with Crippen molar-refractivity contribution in [1.82, 2.24) is 20.0 Å². The number of rotatable bonds is 6. The van der Waals surface area contributed by atoms with E-state index in [1.165, 1.54) is 0 Å².